The fourth-order valence-electron chi connectivity index (χ4n) is 0.741. The molecule has 0 saturated heterocycles. The van der Waals surface area contributed by atoms with Gasteiger partial charge in [-0.1, -0.05) is 0 Å². The summed E-state index contributed by atoms with van der Waals surface area (Å²) in [6.07, 6.45) is 1.75. The summed E-state index contributed by atoms with van der Waals surface area (Å²) in [6, 6.07) is 2.45. The monoisotopic (exact) mass is 203 g/mol. The van der Waals surface area contributed by atoms with E-state index in [9.17, 15) is 4.79 Å². The van der Waals surface area contributed by atoms with Gasteiger partial charge in [-0.05, 0) is 6.26 Å². The summed E-state index contributed by atoms with van der Waals surface area (Å²) in [6.45, 7) is 0. The van der Waals surface area contributed by atoms with Crippen LogP contribution in [0.1, 0.15) is 0 Å². The molecule has 0 fully saturated rings. The molecule has 0 amide bonds. The Kier molecular flexibility index (Phi) is 3.07. The SMILES string of the molecule is CSCC(=O)On1c(O)ccc1O. The van der Waals surface area contributed by atoms with Crippen LogP contribution in [0.15, 0.2) is 12.1 Å². The van der Waals surface area contributed by atoms with E-state index in [1.54, 1.807) is 6.26 Å². The van der Waals surface area contributed by atoms with Crippen LogP contribution in [-0.2, 0) is 4.79 Å². The topological polar surface area (TPSA) is 71.7 Å². The van der Waals surface area contributed by atoms with Gasteiger partial charge in [-0.25, -0.2) is 4.79 Å². The van der Waals surface area contributed by atoms with E-state index in [1.807, 2.05) is 0 Å². The smallest absolute Gasteiger partial charge is 0.342 e. The molecule has 0 saturated carbocycles. The molecule has 0 aromatic carbocycles. The van der Waals surface area contributed by atoms with E-state index < -0.39 is 5.97 Å². The van der Waals surface area contributed by atoms with Crippen LogP contribution in [0, 0.1) is 0 Å². The second-order valence-corrected chi connectivity index (χ2v) is 3.11. The summed E-state index contributed by atoms with van der Waals surface area (Å²) in [7, 11) is 0. The number of hydrogen-bond donors (Lipinski definition) is 2. The number of aromatic nitrogens is 1. The molecule has 1 aromatic heterocycles. The van der Waals surface area contributed by atoms with E-state index in [0.29, 0.717) is 4.73 Å². The van der Waals surface area contributed by atoms with Crippen LogP contribution in [0.4, 0.5) is 0 Å². The van der Waals surface area contributed by atoms with Gasteiger partial charge in [-0.15, -0.1) is 4.73 Å². The minimum Gasteiger partial charge on any atom is -0.492 e. The highest BCUT2D eigenvalue weighted by Gasteiger charge is 2.10. The Morgan fingerprint density at radius 3 is 2.54 bits per heavy atom. The molecule has 13 heavy (non-hydrogen) atoms. The summed E-state index contributed by atoms with van der Waals surface area (Å²) in [5.74, 6) is -0.995. The van der Waals surface area contributed by atoms with Crippen LogP contribution in [0.2, 0.25) is 0 Å². The Hall–Kier alpha value is -1.30. The molecule has 0 aliphatic heterocycles. The molecule has 0 atom stereocenters. The predicted octanol–water partition coefficient (Wildman–Crippen LogP) is 0.217. The van der Waals surface area contributed by atoms with Crippen LogP contribution in [-0.4, -0.2) is 32.9 Å². The highest BCUT2D eigenvalue weighted by atomic mass is 32.2. The summed E-state index contributed by atoms with van der Waals surface area (Å²) in [5, 5.41) is 18.1. The van der Waals surface area contributed by atoms with Crippen molar-refractivity contribution in [3.05, 3.63) is 12.1 Å². The maximum atomic E-state index is 10.9. The van der Waals surface area contributed by atoms with Crippen molar-refractivity contribution in [1.29, 1.82) is 0 Å². The van der Waals surface area contributed by atoms with E-state index in [1.165, 1.54) is 23.9 Å². The second-order valence-electron chi connectivity index (χ2n) is 2.24. The van der Waals surface area contributed by atoms with Gasteiger partial charge in [0.2, 0.25) is 11.8 Å². The highest BCUT2D eigenvalue weighted by molar-refractivity contribution is 7.99. The van der Waals surface area contributed by atoms with Gasteiger partial charge in [0.05, 0.1) is 5.75 Å². The first-order chi connectivity index (χ1) is 6.15. The lowest BCUT2D eigenvalue weighted by molar-refractivity contribution is -0.142. The van der Waals surface area contributed by atoms with Crippen molar-refractivity contribution in [3.63, 3.8) is 0 Å². The predicted molar refractivity (Wildman–Crippen MR) is 47.7 cm³/mol. The van der Waals surface area contributed by atoms with E-state index in [-0.39, 0.29) is 17.5 Å². The Labute approximate surface area is 78.9 Å². The summed E-state index contributed by atoms with van der Waals surface area (Å²) in [5.41, 5.74) is 0. The minimum atomic E-state index is -0.533. The highest BCUT2D eigenvalue weighted by Crippen LogP contribution is 2.18. The average Bonchev–Trinajstić information content (AvgIpc) is 2.36. The lowest BCUT2D eigenvalue weighted by Gasteiger charge is -2.05. The van der Waals surface area contributed by atoms with Crippen LogP contribution in [0.5, 0.6) is 11.8 Å². The quantitative estimate of drug-likeness (QED) is 0.735. The molecular weight excluding hydrogens is 194 g/mol. The van der Waals surface area contributed by atoms with Crippen LogP contribution in [0.3, 0.4) is 0 Å². The number of thioether (sulfide) groups is 1. The van der Waals surface area contributed by atoms with Crippen molar-refractivity contribution in [1.82, 2.24) is 4.73 Å². The summed E-state index contributed by atoms with van der Waals surface area (Å²) < 4.78 is 0.665. The lowest BCUT2D eigenvalue weighted by atomic mass is 10.6. The third-order valence-electron chi connectivity index (χ3n) is 1.25. The summed E-state index contributed by atoms with van der Waals surface area (Å²) in [4.78, 5) is 15.5. The average molecular weight is 203 g/mol. The molecule has 6 heteroatoms. The van der Waals surface area contributed by atoms with Gasteiger partial charge < -0.3 is 15.1 Å². The fourth-order valence-corrected chi connectivity index (χ4v) is 1.03. The van der Waals surface area contributed by atoms with Crippen LogP contribution in [0.25, 0.3) is 0 Å². The third kappa shape index (κ3) is 2.32. The van der Waals surface area contributed by atoms with Gasteiger partial charge in [-0.2, -0.15) is 11.8 Å². The molecule has 1 rings (SSSR count). The zero-order valence-corrected chi connectivity index (χ0v) is 7.74. The van der Waals surface area contributed by atoms with Gasteiger partial charge in [0.15, 0.2) is 0 Å². The first kappa shape index (κ1) is 9.79. The van der Waals surface area contributed by atoms with Crippen LogP contribution >= 0.6 is 11.8 Å². The molecule has 0 unspecified atom stereocenters. The standard InChI is InChI=1S/C7H9NO4S/c1-13-4-7(11)12-8-5(9)2-3-6(8)10/h2-3,9-10H,4H2,1H3. The van der Waals surface area contributed by atoms with Crippen molar-refractivity contribution in [3.8, 4) is 11.8 Å². The van der Waals surface area contributed by atoms with Crippen molar-refractivity contribution < 1.29 is 19.8 Å². The molecule has 0 aliphatic carbocycles. The molecule has 5 nitrogen and oxygen atoms in total. The molecule has 0 aliphatic rings. The van der Waals surface area contributed by atoms with Crippen molar-refractivity contribution in [2.24, 2.45) is 0 Å². The number of carbonyl (C=O) groups is 1. The number of hydrogen-bond acceptors (Lipinski definition) is 5. The number of nitrogens with zero attached hydrogens (tertiary/aromatic N) is 1. The fraction of sp³-hybridized carbons (Fsp3) is 0.286. The zero-order chi connectivity index (χ0) is 9.84. The van der Waals surface area contributed by atoms with Gasteiger partial charge in [0, 0.05) is 12.1 Å². The number of rotatable bonds is 3. The molecular formula is C7H9NO4S. The van der Waals surface area contributed by atoms with Gasteiger partial charge in [0.1, 0.15) is 0 Å². The van der Waals surface area contributed by atoms with Gasteiger partial charge >= 0.3 is 5.97 Å². The Balaban J connectivity index is 2.68. The third-order valence-corrected chi connectivity index (χ3v) is 1.78. The van der Waals surface area contributed by atoms with E-state index in [2.05, 4.69) is 4.84 Å². The maximum absolute atomic E-state index is 10.9. The van der Waals surface area contributed by atoms with Crippen molar-refractivity contribution in [2.75, 3.05) is 12.0 Å². The van der Waals surface area contributed by atoms with E-state index in [0.717, 1.165) is 0 Å². The molecule has 2 N–H and O–H groups in total. The molecule has 72 valence electrons. The summed E-state index contributed by atoms with van der Waals surface area (Å²) >= 11 is 1.29. The number of aromatic hydroxyl groups is 2. The normalized spacial score (nSPS) is 9.92. The molecule has 0 radical (unpaired) electrons. The Bertz CT molecular complexity index is 290. The first-order valence-electron chi connectivity index (χ1n) is 3.45. The van der Waals surface area contributed by atoms with Crippen molar-refractivity contribution in [2.45, 2.75) is 0 Å². The van der Waals surface area contributed by atoms with Gasteiger partial charge in [-0.3, -0.25) is 0 Å². The van der Waals surface area contributed by atoms with E-state index >= 15 is 0 Å². The zero-order valence-electron chi connectivity index (χ0n) is 6.93. The second kappa shape index (κ2) is 4.08. The molecule has 0 bridgehead atoms. The Morgan fingerprint density at radius 1 is 1.54 bits per heavy atom. The maximum Gasteiger partial charge on any atom is 0.342 e. The first-order valence-corrected chi connectivity index (χ1v) is 4.84. The van der Waals surface area contributed by atoms with Crippen LogP contribution < -0.4 is 4.84 Å². The molecule has 1 heterocycles. The lowest BCUT2D eigenvalue weighted by Crippen LogP contribution is -2.20. The minimum absolute atomic E-state index is 0.164. The largest absolute Gasteiger partial charge is 0.492 e. The Morgan fingerprint density at radius 2 is 2.08 bits per heavy atom. The molecule has 1 aromatic rings. The number of carbonyl (C=O) groups excluding carboxylic acids is 1. The van der Waals surface area contributed by atoms with Crippen molar-refractivity contribution >= 4 is 17.7 Å². The molecule has 0 spiro atoms. The van der Waals surface area contributed by atoms with E-state index in [4.69, 9.17) is 10.2 Å². The van der Waals surface area contributed by atoms with Gasteiger partial charge in [0.25, 0.3) is 0 Å².